The minimum Gasteiger partial charge on any atom is -0.493 e. The third kappa shape index (κ3) is 4.92. The van der Waals surface area contributed by atoms with Crippen LogP contribution in [0.2, 0.25) is 0 Å². The van der Waals surface area contributed by atoms with Crippen molar-refractivity contribution in [2.24, 2.45) is 0 Å². The summed E-state index contributed by atoms with van der Waals surface area (Å²) in [4.78, 5) is 11.5. The molecule has 0 radical (unpaired) electrons. The summed E-state index contributed by atoms with van der Waals surface area (Å²) in [6.07, 6.45) is 0.733. The van der Waals surface area contributed by atoms with Crippen LogP contribution in [0.5, 0.6) is 17.2 Å². The maximum Gasteiger partial charge on any atom is 0.337 e. The fourth-order valence-electron chi connectivity index (χ4n) is 1.98. The predicted octanol–water partition coefficient (Wildman–Crippen LogP) is 3.33. The minimum atomic E-state index is -0.411. The molecule has 0 atom stereocenters. The van der Waals surface area contributed by atoms with Crippen LogP contribution in [0.4, 0.5) is 0 Å². The van der Waals surface area contributed by atoms with E-state index < -0.39 is 5.97 Å². The van der Waals surface area contributed by atoms with Gasteiger partial charge in [-0.2, -0.15) is 0 Å². The summed E-state index contributed by atoms with van der Waals surface area (Å²) in [6, 6.07) is 14.6. The Kier molecular flexibility index (Phi) is 6.29. The van der Waals surface area contributed by atoms with E-state index in [0.29, 0.717) is 30.3 Å². The Balaban J connectivity index is 1.82. The smallest absolute Gasteiger partial charge is 0.337 e. The normalized spacial score (nSPS) is 10.0. The quantitative estimate of drug-likeness (QED) is 0.552. The van der Waals surface area contributed by atoms with Crippen molar-refractivity contribution in [1.29, 1.82) is 0 Å². The molecule has 5 nitrogen and oxygen atoms in total. The summed E-state index contributed by atoms with van der Waals surface area (Å²) in [6.45, 7) is 1.05. The van der Waals surface area contributed by atoms with Gasteiger partial charge in [0.2, 0.25) is 0 Å². The molecule has 2 aromatic carbocycles. The van der Waals surface area contributed by atoms with Gasteiger partial charge in [0.15, 0.2) is 11.5 Å². The summed E-state index contributed by atoms with van der Waals surface area (Å²) in [7, 11) is 2.87. The molecule has 0 unspecified atom stereocenters. The van der Waals surface area contributed by atoms with E-state index in [9.17, 15) is 4.79 Å². The van der Waals surface area contributed by atoms with Crippen LogP contribution in [0.25, 0.3) is 0 Å². The van der Waals surface area contributed by atoms with Gasteiger partial charge >= 0.3 is 5.97 Å². The van der Waals surface area contributed by atoms with E-state index in [2.05, 4.69) is 4.74 Å². The van der Waals surface area contributed by atoms with E-state index in [-0.39, 0.29) is 0 Å². The van der Waals surface area contributed by atoms with Crippen LogP contribution in [0.1, 0.15) is 16.8 Å². The summed E-state index contributed by atoms with van der Waals surface area (Å²) in [5.41, 5.74) is 0.420. The summed E-state index contributed by atoms with van der Waals surface area (Å²) < 4.78 is 21.2. The second-order valence-corrected chi connectivity index (χ2v) is 4.72. The first-order valence-electron chi connectivity index (χ1n) is 7.31. The highest BCUT2D eigenvalue weighted by molar-refractivity contribution is 5.90. The van der Waals surface area contributed by atoms with E-state index in [4.69, 9.17) is 14.2 Å². The first kappa shape index (κ1) is 16.7. The number of hydrogen-bond donors (Lipinski definition) is 0. The zero-order valence-corrected chi connectivity index (χ0v) is 13.3. The first-order chi connectivity index (χ1) is 11.2. The van der Waals surface area contributed by atoms with Crippen LogP contribution >= 0.6 is 0 Å². The molecule has 0 aliphatic heterocycles. The molecular formula is C18H20O5. The highest BCUT2D eigenvalue weighted by Gasteiger charge is 2.11. The molecule has 0 spiro atoms. The lowest BCUT2D eigenvalue weighted by Gasteiger charge is -2.12. The molecule has 0 N–H and O–H groups in total. The lowest BCUT2D eigenvalue weighted by Crippen LogP contribution is -2.06. The zero-order chi connectivity index (χ0) is 16.5. The topological polar surface area (TPSA) is 54.0 Å². The summed E-state index contributed by atoms with van der Waals surface area (Å²) in [5, 5.41) is 0. The van der Waals surface area contributed by atoms with Gasteiger partial charge in [0.1, 0.15) is 5.75 Å². The van der Waals surface area contributed by atoms with Crippen LogP contribution in [0.15, 0.2) is 48.5 Å². The molecular weight excluding hydrogens is 296 g/mol. The molecule has 0 aliphatic rings. The number of ether oxygens (including phenoxy) is 4. The molecule has 2 aromatic rings. The van der Waals surface area contributed by atoms with Gasteiger partial charge in [-0.25, -0.2) is 4.79 Å². The first-order valence-corrected chi connectivity index (χ1v) is 7.31. The van der Waals surface area contributed by atoms with Crippen molar-refractivity contribution < 1.29 is 23.7 Å². The second-order valence-electron chi connectivity index (χ2n) is 4.72. The van der Waals surface area contributed by atoms with Gasteiger partial charge in [0.25, 0.3) is 0 Å². The number of hydrogen-bond acceptors (Lipinski definition) is 5. The number of carbonyl (C=O) groups is 1. The number of rotatable bonds is 8. The molecule has 0 heterocycles. The van der Waals surface area contributed by atoms with Crippen LogP contribution < -0.4 is 14.2 Å². The van der Waals surface area contributed by atoms with Crippen LogP contribution in [-0.4, -0.2) is 33.4 Å². The number of carbonyl (C=O) groups excluding carboxylic acids is 1. The molecule has 23 heavy (non-hydrogen) atoms. The predicted molar refractivity (Wildman–Crippen MR) is 86.4 cm³/mol. The highest BCUT2D eigenvalue weighted by atomic mass is 16.5. The van der Waals surface area contributed by atoms with Crippen molar-refractivity contribution in [2.45, 2.75) is 6.42 Å². The van der Waals surface area contributed by atoms with Crippen LogP contribution in [-0.2, 0) is 4.74 Å². The fourth-order valence-corrected chi connectivity index (χ4v) is 1.98. The lowest BCUT2D eigenvalue weighted by molar-refractivity contribution is 0.0600. The lowest BCUT2D eigenvalue weighted by atomic mass is 10.2. The molecule has 2 rings (SSSR count). The number of methoxy groups -OCH3 is 2. The second kappa shape index (κ2) is 8.68. The van der Waals surface area contributed by atoms with Gasteiger partial charge in [-0.3, -0.25) is 0 Å². The molecule has 0 saturated heterocycles. The SMILES string of the molecule is COC(=O)c1ccc(OCCCOc2ccccc2)c(OC)c1. The van der Waals surface area contributed by atoms with Gasteiger partial charge < -0.3 is 18.9 Å². The molecule has 0 amide bonds. The maximum atomic E-state index is 11.5. The van der Waals surface area contributed by atoms with Gasteiger partial charge in [0, 0.05) is 6.42 Å². The van der Waals surface area contributed by atoms with Crippen molar-refractivity contribution in [3.05, 3.63) is 54.1 Å². The Morgan fingerprint density at radius 3 is 2.35 bits per heavy atom. The number of benzene rings is 2. The largest absolute Gasteiger partial charge is 0.493 e. The molecule has 0 saturated carbocycles. The van der Waals surface area contributed by atoms with Crippen LogP contribution in [0, 0.1) is 0 Å². The monoisotopic (exact) mass is 316 g/mol. The molecule has 0 aliphatic carbocycles. The number of para-hydroxylation sites is 1. The molecule has 122 valence electrons. The average Bonchev–Trinajstić information content (AvgIpc) is 2.61. The zero-order valence-electron chi connectivity index (χ0n) is 13.3. The third-order valence-corrected chi connectivity index (χ3v) is 3.14. The Hall–Kier alpha value is -2.69. The standard InChI is InChI=1S/C18H20O5/c1-20-17-13-14(18(19)21-2)9-10-16(17)23-12-6-11-22-15-7-4-3-5-8-15/h3-5,7-10,13H,6,11-12H2,1-2H3. The summed E-state index contributed by atoms with van der Waals surface area (Å²) >= 11 is 0. The highest BCUT2D eigenvalue weighted by Crippen LogP contribution is 2.28. The minimum absolute atomic E-state index is 0.411. The molecule has 0 fully saturated rings. The van der Waals surface area contributed by atoms with Gasteiger partial charge in [-0.1, -0.05) is 18.2 Å². The molecule has 0 bridgehead atoms. The van der Waals surface area contributed by atoms with E-state index >= 15 is 0 Å². The maximum absolute atomic E-state index is 11.5. The number of esters is 1. The molecule has 0 aromatic heterocycles. The van der Waals surface area contributed by atoms with Crippen molar-refractivity contribution in [3.8, 4) is 17.2 Å². The molecule has 5 heteroatoms. The van der Waals surface area contributed by atoms with Crippen molar-refractivity contribution >= 4 is 5.97 Å². The van der Waals surface area contributed by atoms with Gasteiger partial charge in [-0.15, -0.1) is 0 Å². The van der Waals surface area contributed by atoms with E-state index in [1.807, 2.05) is 30.3 Å². The van der Waals surface area contributed by atoms with E-state index in [0.717, 1.165) is 12.2 Å². The van der Waals surface area contributed by atoms with Crippen molar-refractivity contribution in [1.82, 2.24) is 0 Å². The van der Waals surface area contributed by atoms with Crippen LogP contribution in [0.3, 0.4) is 0 Å². The Bertz CT molecular complexity index is 625. The van der Waals surface area contributed by atoms with E-state index in [1.165, 1.54) is 14.2 Å². The third-order valence-electron chi connectivity index (χ3n) is 3.14. The Labute approximate surface area is 135 Å². The van der Waals surface area contributed by atoms with Gasteiger partial charge in [0.05, 0.1) is 33.0 Å². The van der Waals surface area contributed by atoms with Crippen molar-refractivity contribution in [3.63, 3.8) is 0 Å². The fraction of sp³-hybridized carbons (Fsp3) is 0.278. The Morgan fingerprint density at radius 2 is 1.65 bits per heavy atom. The Morgan fingerprint density at radius 1 is 0.913 bits per heavy atom. The van der Waals surface area contributed by atoms with Gasteiger partial charge in [-0.05, 0) is 30.3 Å². The van der Waals surface area contributed by atoms with E-state index in [1.54, 1.807) is 18.2 Å². The summed E-state index contributed by atoms with van der Waals surface area (Å²) in [5.74, 6) is 1.51. The average molecular weight is 316 g/mol. The van der Waals surface area contributed by atoms with Crippen molar-refractivity contribution in [2.75, 3.05) is 27.4 Å².